The van der Waals surface area contributed by atoms with Crippen LogP contribution in [0.1, 0.15) is 51.3 Å². The molecule has 0 radical (unpaired) electrons. The first-order valence-electron chi connectivity index (χ1n) is 13.2. The van der Waals surface area contributed by atoms with Crippen LogP contribution in [0.5, 0.6) is 0 Å². The third-order valence-corrected chi connectivity index (χ3v) is 6.85. The molecule has 0 aliphatic heterocycles. The molecular formula is C32H37N3O4S. The molecule has 40 heavy (non-hydrogen) atoms. The lowest BCUT2D eigenvalue weighted by Gasteiger charge is -2.30. The number of hydrogen-bond acceptors (Lipinski definition) is 5. The molecule has 2 atom stereocenters. The minimum Gasteiger partial charge on any atom is -0.444 e. The lowest BCUT2D eigenvalue weighted by Crippen LogP contribution is -2.51. The van der Waals surface area contributed by atoms with Crippen LogP contribution in [0.4, 0.5) is 10.5 Å². The van der Waals surface area contributed by atoms with Gasteiger partial charge in [-0.2, -0.15) is 11.8 Å². The van der Waals surface area contributed by atoms with E-state index in [4.69, 9.17) is 11.2 Å². The summed E-state index contributed by atoms with van der Waals surface area (Å²) in [4.78, 5) is 41.4. The summed E-state index contributed by atoms with van der Waals surface area (Å²) in [5.74, 6) is -0.448. The molecule has 0 saturated carbocycles. The summed E-state index contributed by atoms with van der Waals surface area (Å²) in [6, 6.07) is 21.2. The van der Waals surface area contributed by atoms with Gasteiger partial charge in [0.2, 0.25) is 0 Å². The average molecular weight is 560 g/mol. The molecule has 0 fully saturated rings. The molecule has 8 heteroatoms. The minimum absolute atomic E-state index is 0.311. The molecule has 0 spiro atoms. The molecule has 0 aromatic heterocycles. The van der Waals surface area contributed by atoms with Crippen molar-refractivity contribution in [3.63, 3.8) is 0 Å². The van der Waals surface area contributed by atoms with Crippen LogP contribution in [-0.2, 0) is 20.7 Å². The summed E-state index contributed by atoms with van der Waals surface area (Å²) in [6.45, 7) is 7.26. The topological polar surface area (TPSA) is 87.7 Å². The van der Waals surface area contributed by atoms with Gasteiger partial charge in [-0.25, -0.2) is 4.79 Å². The number of fused-ring (bicyclic) bond motifs is 1. The molecule has 0 bridgehead atoms. The van der Waals surface area contributed by atoms with Gasteiger partial charge in [-0.05, 0) is 79.7 Å². The molecular weight excluding hydrogens is 522 g/mol. The van der Waals surface area contributed by atoms with E-state index < -0.39 is 35.6 Å². The highest BCUT2D eigenvalue weighted by molar-refractivity contribution is 7.98. The summed E-state index contributed by atoms with van der Waals surface area (Å²) in [5.41, 5.74) is 1.48. The zero-order valence-electron chi connectivity index (χ0n) is 23.7. The minimum atomic E-state index is -1.13. The Balaban J connectivity index is 1.97. The van der Waals surface area contributed by atoms with Crippen LogP contribution in [-0.4, -0.2) is 46.5 Å². The number of carbonyl (C=O) groups is 3. The highest BCUT2D eigenvalue weighted by Crippen LogP contribution is 2.26. The van der Waals surface area contributed by atoms with E-state index >= 15 is 0 Å². The number of nitrogens with zero attached hydrogens (tertiary/aromatic N) is 1. The molecule has 3 amide bonds. The SMILES string of the molecule is C#CN(C(=O)C(CCSC)NC(=O)OC(C)(C)C)C(C(=O)Nc1ccc2ccccc2c1)c1ccc(CC)cc1. The molecule has 0 aliphatic carbocycles. The standard InChI is InChI=1S/C32H37N3O4S/c1-7-22-13-15-24(16-14-22)28(29(36)33-26-18-17-23-11-9-10-12-25(23)21-26)35(8-2)30(37)27(19-20-40-6)34-31(38)39-32(3,4)5/h2,9-18,21,27-28H,7,19-20H2,1,3-6H3,(H,33,36)(H,34,38). The number of amides is 3. The molecule has 3 rings (SSSR count). The molecule has 0 saturated heterocycles. The van der Waals surface area contributed by atoms with Crippen molar-refractivity contribution in [1.29, 1.82) is 0 Å². The maximum atomic E-state index is 13.9. The Morgan fingerprint density at radius 3 is 2.30 bits per heavy atom. The van der Waals surface area contributed by atoms with Crippen LogP contribution in [0.2, 0.25) is 0 Å². The zero-order chi connectivity index (χ0) is 29.3. The van der Waals surface area contributed by atoms with E-state index in [9.17, 15) is 14.4 Å². The van der Waals surface area contributed by atoms with Crippen molar-refractivity contribution in [3.05, 3.63) is 77.9 Å². The highest BCUT2D eigenvalue weighted by atomic mass is 32.2. The van der Waals surface area contributed by atoms with Gasteiger partial charge in [0.05, 0.1) is 0 Å². The smallest absolute Gasteiger partial charge is 0.408 e. The molecule has 3 aromatic carbocycles. The monoisotopic (exact) mass is 559 g/mol. The largest absolute Gasteiger partial charge is 0.444 e. The van der Waals surface area contributed by atoms with Crippen molar-refractivity contribution in [3.8, 4) is 12.5 Å². The maximum Gasteiger partial charge on any atom is 0.408 e. The number of thioether (sulfide) groups is 1. The van der Waals surface area contributed by atoms with Crippen LogP contribution in [0.15, 0.2) is 66.7 Å². The summed E-state index contributed by atoms with van der Waals surface area (Å²) < 4.78 is 5.39. The van der Waals surface area contributed by atoms with Crippen LogP contribution in [0.3, 0.4) is 0 Å². The number of rotatable bonds is 10. The number of aryl methyl sites for hydroxylation is 1. The quantitative estimate of drug-likeness (QED) is 0.230. The van der Waals surface area contributed by atoms with Gasteiger partial charge in [0, 0.05) is 11.7 Å². The average Bonchev–Trinajstić information content (AvgIpc) is 2.92. The first-order chi connectivity index (χ1) is 19.1. The van der Waals surface area contributed by atoms with Crippen molar-refractivity contribution >= 4 is 46.1 Å². The fourth-order valence-corrected chi connectivity index (χ4v) is 4.68. The van der Waals surface area contributed by atoms with E-state index in [1.165, 1.54) is 11.8 Å². The van der Waals surface area contributed by atoms with Crippen molar-refractivity contribution in [2.45, 2.75) is 58.2 Å². The van der Waals surface area contributed by atoms with Gasteiger partial charge < -0.3 is 15.4 Å². The number of carbonyl (C=O) groups excluding carboxylic acids is 3. The van der Waals surface area contributed by atoms with Crippen molar-refractivity contribution < 1.29 is 19.1 Å². The zero-order valence-corrected chi connectivity index (χ0v) is 24.5. The van der Waals surface area contributed by atoms with Gasteiger partial charge in [0.1, 0.15) is 17.7 Å². The van der Waals surface area contributed by atoms with Gasteiger partial charge in [-0.1, -0.05) is 67.9 Å². The number of benzene rings is 3. The fourth-order valence-electron chi connectivity index (χ4n) is 4.21. The third-order valence-electron chi connectivity index (χ3n) is 6.20. The van der Waals surface area contributed by atoms with Crippen LogP contribution in [0.25, 0.3) is 10.8 Å². The van der Waals surface area contributed by atoms with Crippen LogP contribution >= 0.6 is 11.8 Å². The van der Waals surface area contributed by atoms with Crippen molar-refractivity contribution in [2.24, 2.45) is 0 Å². The van der Waals surface area contributed by atoms with Gasteiger partial charge >= 0.3 is 6.09 Å². The molecule has 0 aliphatic rings. The van der Waals surface area contributed by atoms with E-state index in [1.54, 1.807) is 32.9 Å². The fraction of sp³-hybridized carbons (Fsp3) is 0.344. The number of hydrogen-bond donors (Lipinski definition) is 2. The lowest BCUT2D eigenvalue weighted by molar-refractivity contribution is -0.136. The first-order valence-corrected chi connectivity index (χ1v) is 14.6. The van der Waals surface area contributed by atoms with E-state index in [-0.39, 0.29) is 0 Å². The Morgan fingerprint density at radius 2 is 1.70 bits per heavy atom. The number of anilines is 1. The molecule has 0 heterocycles. The molecule has 7 nitrogen and oxygen atoms in total. The number of terminal acetylenes is 1. The van der Waals surface area contributed by atoms with Crippen LogP contribution < -0.4 is 10.6 Å². The second-order valence-electron chi connectivity index (χ2n) is 10.4. The highest BCUT2D eigenvalue weighted by Gasteiger charge is 2.36. The predicted molar refractivity (Wildman–Crippen MR) is 163 cm³/mol. The molecule has 3 aromatic rings. The van der Waals surface area contributed by atoms with E-state index in [2.05, 4.69) is 16.7 Å². The molecule has 210 valence electrons. The summed E-state index contributed by atoms with van der Waals surface area (Å²) in [6.07, 6.45) is 8.21. The molecule has 2 unspecified atom stereocenters. The number of ether oxygens (including phenoxy) is 1. The van der Waals surface area contributed by atoms with E-state index in [1.807, 2.05) is 67.8 Å². The Morgan fingerprint density at radius 1 is 1.02 bits per heavy atom. The Bertz CT molecular complexity index is 1380. The Kier molecular flexibility index (Phi) is 10.6. The van der Waals surface area contributed by atoms with Gasteiger partial charge in [-0.3, -0.25) is 14.5 Å². The van der Waals surface area contributed by atoms with Gasteiger partial charge in [0.25, 0.3) is 11.8 Å². The Labute approximate surface area is 241 Å². The van der Waals surface area contributed by atoms with E-state index in [0.717, 1.165) is 27.7 Å². The second-order valence-corrected chi connectivity index (χ2v) is 11.4. The molecule has 2 N–H and O–H groups in total. The van der Waals surface area contributed by atoms with E-state index in [0.29, 0.717) is 23.4 Å². The summed E-state index contributed by atoms with van der Waals surface area (Å²) in [7, 11) is 0. The lowest BCUT2D eigenvalue weighted by atomic mass is 10.0. The summed E-state index contributed by atoms with van der Waals surface area (Å²) >= 11 is 1.53. The van der Waals surface area contributed by atoms with Gasteiger partial charge in [0.15, 0.2) is 0 Å². The number of alkyl carbamates (subject to hydrolysis) is 1. The second kappa shape index (κ2) is 13.9. The first kappa shape index (κ1) is 30.6. The van der Waals surface area contributed by atoms with Crippen molar-refractivity contribution in [2.75, 3.05) is 17.3 Å². The Hall–Kier alpha value is -3.96. The predicted octanol–water partition coefficient (Wildman–Crippen LogP) is 6.15. The van der Waals surface area contributed by atoms with Crippen LogP contribution in [0, 0.1) is 12.5 Å². The number of nitrogens with one attached hydrogen (secondary N) is 2. The third kappa shape index (κ3) is 8.27. The maximum absolute atomic E-state index is 13.9. The van der Waals surface area contributed by atoms with Gasteiger partial charge in [-0.15, -0.1) is 0 Å². The van der Waals surface area contributed by atoms with Crippen molar-refractivity contribution in [1.82, 2.24) is 10.2 Å². The summed E-state index contributed by atoms with van der Waals surface area (Å²) in [5, 5.41) is 7.61. The normalized spacial score (nSPS) is 12.6.